The maximum absolute atomic E-state index is 14.1. The van der Waals surface area contributed by atoms with Crippen molar-refractivity contribution < 1.29 is 17.6 Å². The van der Waals surface area contributed by atoms with E-state index >= 15 is 0 Å². The number of nitrogens with one attached hydrogen (secondary N) is 1. The molecule has 8 heteroatoms. The molecule has 0 aliphatic rings. The molecule has 0 aliphatic carbocycles. The number of benzene rings is 1. The van der Waals surface area contributed by atoms with Crippen LogP contribution < -0.4 is 5.32 Å². The number of nitrogens with zero attached hydrogens (tertiary/aromatic N) is 3. The van der Waals surface area contributed by atoms with Gasteiger partial charge in [-0.05, 0) is 26.0 Å². The van der Waals surface area contributed by atoms with E-state index in [1.54, 1.807) is 6.92 Å². The summed E-state index contributed by atoms with van der Waals surface area (Å²) in [5.41, 5.74) is -1.53. The van der Waals surface area contributed by atoms with Gasteiger partial charge in [0.25, 0.3) is 0 Å². The quantitative estimate of drug-likeness (QED) is 0.878. The zero-order valence-electron chi connectivity index (χ0n) is 11.5. The summed E-state index contributed by atoms with van der Waals surface area (Å²) in [6.45, 7) is 4.60. The average molecular weight is 302 g/mol. The zero-order chi connectivity index (χ0) is 15.6. The molecule has 0 radical (unpaired) electrons. The monoisotopic (exact) mass is 302 g/mol. The van der Waals surface area contributed by atoms with E-state index in [4.69, 9.17) is 0 Å². The van der Waals surface area contributed by atoms with Gasteiger partial charge in [0, 0.05) is 13.1 Å². The molecular formula is C13H14F4N4. The molecule has 0 amide bonds. The van der Waals surface area contributed by atoms with Crippen molar-refractivity contribution in [2.45, 2.75) is 26.6 Å². The molecule has 1 aromatic heterocycles. The first kappa shape index (κ1) is 15.3. The Labute approximate surface area is 118 Å². The molecule has 4 nitrogen and oxygen atoms in total. The van der Waals surface area contributed by atoms with E-state index in [9.17, 15) is 17.6 Å². The van der Waals surface area contributed by atoms with Crippen LogP contribution in [0, 0.1) is 5.82 Å². The van der Waals surface area contributed by atoms with Crippen molar-refractivity contribution in [3.05, 3.63) is 29.6 Å². The van der Waals surface area contributed by atoms with E-state index in [1.165, 1.54) is 10.6 Å². The van der Waals surface area contributed by atoms with Gasteiger partial charge in [-0.15, -0.1) is 10.2 Å². The van der Waals surface area contributed by atoms with Crippen molar-refractivity contribution >= 4 is 5.95 Å². The van der Waals surface area contributed by atoms with Crippen molar-refractivity contribution in [3.63, 3.8) is 0 Å². The third-order valence-electron chi connectivity index (χ3n) is 2.95. The average Bonchev–Trinajstić information content (AvgIpc) is 2.81. The SMILES string of the molecule is CCNc1nnc(-c2cccc(C(F)(F)F)c2F)n1CC. The van der Waals surface area contributed by atoms with Crippen LogP contribution in [-0.4, -0.2) is 21.3 Å². The number of aromatic nitrogens is 3. The minimum Gasteiger partial charge on any atom is -0.355 e. The number of hydrogen-bond donors (Lipinski definition) is 1. The molecule has 0 unspecified atom stereocenters. The number of rotatable bonds is 4. The van der Waals surface area contributed by atoms with Crippen molar-refractivity contribution in [1.82, 2.24) is 14.8 Å². The van der Waals surface area contributed by atoms with E-state index < -0.39 is 17.6 Å². The van der Waals surface area contributed by atoms with E-state index in [1.807, 2.05) is 6.92 Å². The molecule has 0 atom stereocenters. The van der Waals surface area contributed by atoms with Gasteiger partial charge < -0.3 is 5.32 Å². The molecule has 1 N–H and O–H groups in total. The fourth-order valence-electron chi connectivity index (χ4n) is 2.01. The maximum Gasteiger partial charge on any atom is 0.419 e. The second-order valence-corrected chi connectivity index (χ2v) is 4.29. The minimum absolute atomic E-state index is 0.0667. The molecular weight excluding hydrogens is 288 g/mol. The standard InChI is InChI=1S/C13H14F4N4/c1-3-18-12-20-19-11(21(12)4-2)8-6-5-7-9(10(8)14)13(15,16)17/h5-7H,3-4H2,1-2H3,(H,18,20). The Balaban J connectivity index is 2.58. The van der Waals surface area contributed by atoms with Gasteiger partial charge in [-0.3, -0.25) is 4.57 Å². The highest BCUT2D eigenvalue weighted by atomic mass is 19.4. The third-order valence-corrected chi connectivity index (χ3v) is 2.95. The van der Waals surface area contributed by atoms with E-state index in [-0.39, 0.29) is 11.4 Å². The third kappa shape index (κ3) is 2.84. The molecule has 114 valence electrons. The maximum atomic E-state index is 14.1. The fourth-order valence-corrected chi connectivity index (χ4v) is 2.01. The predicted octanol–water partition coefficient (Wildman–Crippen LogP) is 3.55. The van der Waals surface area contributed by atoms with Crippen LogP contribution in [0.3, 0.4) is 0 Å². The van der Waals surface area contributed by atoms with Gasteiger partial charge >= 0.3 is 6.18 Å². The second-order valence-electron chi connectivity index (χ2n) is 4.29. The summed E-state index contributed by atoms with van der Waals surface area (Å²) in [7, 11) is 0. The molecule has 0 spiro atoms. The molecule has 1 heterocycles. The number of hydrogen-bond acceptors (Lipinski definition) is 3. The number of anilines is 1. The normalized spacial score (nSPS) is 11.7. The molecule has 21 heavy (non-hydrogen) atoms. The van der Waals surface area contributed by atoms with Crippen molar-refractivity contribution in [3.8, 4) is 11.4 Å². The Bertz CT molecular complexity index is 634. The van der Waals surface area contributed by atoms with Crippen LogP contribution >= 0.6 is 0 Å². The lowest BCUT2D eigenvalue weighted by Crippen LogP contribution is -2.11. The fraction of sp³-hybridized carbons (Fsp3) is 0.385. The first-order valence-corrected chi connectivity index (χ1v) is 6.43. The summed E-state index contributed by atoms with van der Waals surface area (Å²) in [5.74, 6) is -0.876. The van der Waals surface area contributed by atoms with Crippen LogP contribution in [0.15, 0.2) is 18.2 Å². The number of alkyl halides is 3. The molecule has 0 aliphatic heterocycles. The van der Waals surface area contributed by atoms with E-state index in [2.05, 4.69) is 15.5 Å². The molecule has 0 saturated heterocycles. The van der Waals surface area contributed by atoms with Gasteiger partial charge in [-0.25, -0.2) is 4.39 Å². The first-order chi connectivity index (χ1) is 9.90. The van der Waals surface area contributed by atoms with Crippen LogP contribution in [0.2, 0.25) is 0 Å². The summed E-state index contributed by atoms with van der Waals surface area (Å²) in [6, 6.07) is 3.12. The van der Waals surface area contributed by atoms with Gasteiger partial charge in [0.1, 0.15) is 5.82 Å². The molecule has 2 aromatic rings. The van der Waals surface area contributed by atoms with Gasteiger partial charge in [-0.2, -0.15) is 13.2 Å². The molecule has 0 fully saturated rings. The van der Waals surface area contributed by atoms with Gasteiger partial charge in [-0.1, -0.05) is 6.07 Å². The largest absolute Gasteiger partial charge is 0.419 e. The smallest absolute Gasteiger partial charge is 0.355 e. The second kappa shape index (κ2) is 5.71. The molecule has 0 saturated carbocycles. The summed E-state index contributed by atoms with van der Waals surface area (Å²) in [5, 5.41) is 10.6. The Kier molecular flexibility index (Phi) is 4.15. The van der Waals surface area contributed by atoms with Crippen LogP contribution in [0.1, 0.15) is 19.4 Å². The molecule has 0 bridgehead atoms. The molecule has 2 rings (SSSR count). The van der Waals surface area contributed by atoms with Gasteiger partial charge in [0.15, 0.2) is 5.82 Å². The lowest BCUT2D eigenvalue weighted by atomic mass is 10.1. The summed E-state index contributed by atoms with van der Waals surface area (Å²) >= 11 is 0. The predicted molar refractivity (Wildman–Crippen MR) is 70.3 cm³/mol. The lowest BCUT2D eigenvalue weighted by Gasteiger charge is -2.12. The molecule has 1 aromatic carbocycles. The van der Waals surface area contributed by atoms with Crippen LogP contribution in [0.5, 0.6) is 0 Å². The zero-order valence-corrected chi connectivity index (χ0v) is 11.5. The van der Waals surface area contributed by atoms with Gasteiger partial charge in [0.05, 0.1) is 11.1 Å². The van der Waals surface area contributed by atoms with E-state index in [0.29, 0.717) is 25.1 Å². The van der Waals surface area contributed by atoms with Crippen molar-refractivity contribution in [2.24, 2.45) is 0 Å². The van der Waals surface area contributed by atoms with Gasteiger partial charge in [0.2, 0.25) is 5.95 Å². The summed E-state index contributed by atoms with van der Waals surface area (Å²) in [4.78, 5) is 0. The Morgan fingerprint density at radius 2 is 1.90 bits per heavy atom. The summed E-state index contributed by atoms with van der Waals surface area (Å²) in [6.07, 6.45) is -4.75. The first-order valence-electron chi connectivity index (χ1n) is 6.43. The Hall–Kier alpha value is -2.12. The summed E-state index contributed by atoms with van der Waals surface area (Å²) < 4.78 is 53.9. The topological polar surface area (TPSA) is 42.7 Å². The highest BCUT2D eigenvalue weighted by Gasteiger charge is 2.35. The highest BCUT2D eigenvalue weighted by Crippen LogP contribution is 2.35. The van der Waals surface area contributed by atoms with E-state index in [0.717, 1.165) is 6.07 Å². The van der Waals surface area contributed by atoms with Crippen LogP contribution in [-0.2, 0) is 12.7 Å². The minimum atomic E-state index is -4.75. The lowest BCUT2D eigenvalue weighted by molar-refractivity contribution is -0.139. The highest BCUT2D eigenvalue weighted by molar-refractivity contribution is 5.60. The van der Waals surface area contributed by atoms with Crippen LogP contribution in [0.4, 0.5) is 23.5 Å². The Morgan fingerprint density at radius 3 is 2.48 bits per heavy atom. The van der Waals surface area contributed by atoms with Crippen molar-refractivity contribution in [1.29, 1.82) is 0 Å². The van der Waals surface area contributed by atoms with Crippen molar-refractivity contribution in [2.75, 3.05) is 11.9 Å². The number of halogens is 4. The van der Waals surface area contributed by atoms with Crippen LogP contribution in [0.25, 0.3) is 11.4 Å². The Morgan fingerprint density at radius 1 is 1.19 bits per heavy atom.